The number of anilines is 1. The van der Waals surface area contributed by atoms with Crippen LogP contribution in [0.15, 0.2) is 23.1 Å². The van der Waals surface area contributed by atoms with Crippen LogP contribution in [0, 0.1) is 0 Å². The summed E-state index contributed by atoms with van der Waals surface area (Å²) in [5.41, 5.74) is 1.50. The molecule has 182 valence electrons. The summed E-state index contributed by atoms with van der Waals surface area (Å²) in [4.78, 5) is 12.9. The lowest BCUT2D eigenvalue weighted by Crippen LogP contribution is -2.42. The third kappa shape index (κ3) is 6.43. The first-order chi connectivity index (χ1) is 15.0. The van der Waals surface area contributed by atoms with Crippen molar-refractivity contribution in [1.29, 1.82) is 0 Å². The monoisotopic (exact) mass is 471 g/mol. The zero-order chi connectivity index (χ0) is 23.9. The summed E-state index contributed by atoms with van der Waals surface area (Å²) in [7, 11) is -4.31. The fourth-order valence-electron chi connectivity index (χ4n) is 4.60. The molecular weight excluding hydrogens is 434 g/mol. The Hall–Kier alpha value is -1.68. The van der Waals surface area contributed by atoms with Gasteiger partial charge in [-0.15, -0.1) is 0 Å². The predicted molar refractivity (Wildman–Crippen MR) is 123 cm³/mol. The molecule has 0 radical (unpaired) electrons. The van der Waals surface area contributed by atoms with Crippen LogP contribution in [0.2, 0.25) is 0 Å². The van der Waals surface area contributed by atoms with Gasteiger partial charge in [0.1, 0.15) is 0 Å². The van der Waals surface area contributed by atoms with Gasteiger partial charge in [0.25, 0.3) is 10.1 Å². The van der Waals surface area contributed by atoms with Crippen LogP contribution in [0.25, 0.3) is 0 Å². The van der Waals surface area contributed by atoms with Gasteiger partial charge in [0, 0.05) is 49.7 Å². The number of unbranched alkanes of at least 4 members (excludes halogenated alkanes) is 2. The Morgan fingerprint density at radius 2 is 1.84 bits per heavy atom. The molecule has 0 fully saturated rings. The summed E-state index contributed by atoms with van der Waals surface area (Å²) < 4.78 is 44.5. The smallest absolute Gasteiger partial charge is 0.303 e. The van der Waals surface area contributed by atoms with E-state index in [1.165, 1.54) is 6.07 Å². The van der Waals surface area contributed by atoms with Gasteiger partial charge in [-0.05, 0) is 57.4 Å². The van der Waals surface area contributed by atoms with Crippen LogP contribution in [-0.4, -0.2) is 56.1 Å². The number of ether oxygens (including phenoxy) is 2. The molecule has 2 unspecified atom stereocenters. The number of hydrogen-bond acceptors (Lipinski definition) is 6. The summed E-state index contributed by atoms with van der Waals surface area (Å²) >= 11 is 0. The van der Waals surface area contributed by atoms with E-state index in [1.54, 1.807) is 12.1 Å². The van der Waals surface area contributed by atoms with Crippen LogP contribution < -0.4 is 4.90 Å². The number of nitrogens with zero attached hydrogens (tertiary/aromatic N) is 1. The molecule has 1 heterocycles. The average Bonchev–Trinajstić information content (AvgIpc) is 2.92. The van der Waals surface area contributed by atoms with Crippen LogP contribution in [-0.2, 0) is 29.8 Å². The number of fused-ring (bicyclic) bond motifs is 1. The summed E-state index contributed by atoms with van der Waals surface area (Å²) in [6, 6.07) is 4.87. The van der Waals surface area contributed by atoms with Gasteiger partial charge in [-0.3, -0.25) is 9.35 Å². The van der Waals surface area contributed by atoms with Crippen LogP contribution in [0.3, 0.4) is 0 Å². The van der Waals surface area contributed by atoms with E-state index in [1.807, 2.05) is 13.8 Å². The van der Waals surface area contributed by atoms with Gasteiger partial charge in [0.15, 0.2) is 6.29 Å². The van der Waals surface area contributed by atoms with E-state index in [4.69, 9.17) is 14.6 Å². The van der Waals surface area contributed by atoms with E-state index >= 15 is 0 Å². The lowest BCUT2D eigenvalue weighted by molar-refractivity contribution is -0.138. The number of aliphatic carboxylic acids is 1. The van der Waals surface area contributed by atoms with Gasteiger partial charge in [0.05, 0.1) is 4.90 Å². The molecule has 0 aliphatic carbocycles. The maximum Gasteiger partial charge on any atom is 0.303 e. The van der Waals surface area contributed by atoms with Crippen LogP contribution in [0.5, 0.6) is 0 Å². The zero-order valence-corrected chi connectivity index (χ0v) is 20.4. The molecular formula is C23H37NO7S. The Balaban J connectivity index is 2.27. The Morgan fingerprint density at radius 1 is 1.19 bits per heavy atom. The number of rotatable bonds is 14. The summed E-state index contributed by atoms with van der Waals surface area (Å²) in [6.07, 6.45) is 3.54. The van der Waals surface area contributed by atoms with Crippen molar-refractivity contribution in [2.24, 2.45) is 0 Å². The topological polar surface area (TPSA) is 113 Å². The van der Waals surface area contributed by atoms with E-state index < -0.39 is 16.1 Å². The molecule has 1 aromatic rings. The highest BCUT2D eigenvalue weighted by molar-refractivity contribution is 7.85. The van der Waals surface area contributed by atoms with Crippen molar-refractivity contribution < 1.29 is 32.3 Å². The lowest BCUT2D eigenvalue weighted by atomic mass is 9.75. The minimum atomic E-state index is -4.31. The molecule has 0 spiro atoms. The molecule has 8 nitrogen and oxygen atoms in total. The van der Waals surface area contributed by atoms with Gasteiger partial charge >= 0.3 is 5.97 Å². The number of carboxylic acids is 1. The SMILES string of the molecule is CCOC(CCN1c2ccc(S(=O)(=O)O)cc2C(C)(CCCCCC(=O)O)C1C)OCC. The maximum absolute atomic E-state index is 11.8. The number of hydrogen-bond donors (Lipinski definition) is 2. The molecule has 1 aliphatic heterocycles. The van der Waals surface area contributed by atoms with Gasteiger partial charge in [-0.1, -0.05) is 19.8 Å². The third-order valence-electron chi connectivity index (χ3n) is 6.48. The fourth-order valence-corrected chi connectivity index (χ4v) is 5.10. The first-order valence-corrected chi connectivity index (χ1v) is 12.8. The van der Waals surface area contributed by atoms with Crippen molar-refractivity contribution in [3.63, 3.8) is 0 Å². The highest BCUT2D eigenvalue weighted by Gasteiger charge is 2.45. The highest BCUT2D eigenvalue weighted by atomic mass is 32.2. The number of carbonyl (C=O) groups is 1. The molecule has 32 heavy (non-hydrogen) atoms. The molecule has 2 atom stereocenters. The van der Waals surface area contributed by atoms with E-state index in [0.29, 0.717) is 32.6 Å². The van der Waals surface area contributed by atoms with E-state index in [0.717, 1.165) is 30.5 Å². The highest BCUT2D eigenvalue weighted by Crippen LogP contribution is 2.49. The van der Waals surface area contributed by atoms with E-state index in [-0.39, 0.29) is 29.1 Å². The van der Waals surface area contributed by atoms with Gasteiger partial charge in [-0.25, -0.2) is 0 Å². The van der Waals surface area contributed by atoms with Crippen LogP contribution in [0.4, 0.5) is 5.69 Å². The Kier molecular flexibility index (Phi) is 9.51. The molecule has 1 aliphatic rings. The second kappa shape index (κ2) is 11.4. The first-order valence-electron chi connectivity index (χ1n) is 11.4. The van der Waals surface area contributed by atoms with Crippen molar-refractivity contribution in [3.8, 4) is 0 Å². The van der Waals surface area contributed by atoms with Crippen LogP contribution >= 0.6 is 0 Å². The molecule has 0 bridgehead atoms. The maximum atomic E-state index is 11.8. The standard InChI is InChI=1S/C23H37NO7S/c1-5-30-22(31-6-2)13-15-24-17(3)23(4,14-9-7-8-10-21(25)26)19-16-18(32(27,28)29)11-12-20(19)24/h11-12,16-17,22H,5-10,13-15H2,1-4H3,(H,25,26)(H,27,28,29). The van der Waals surface area contributed by atoms with Crippen molar-refractivity contribution >= 4 is 21.8 Å². The van der Waals surface area contributed by atoms with Crippen molar-refractivity contribution in [2.75, 3.05) is 24.7 Å². The molecule has 1 aromatic carbocycles. The first kappa shape index (κ1) is 26.6. The molecule has 0 saturated carbocycles. The summed E-state index contributed by atoms with van der Waals surface area (Å²) in [5.74, 6) is -0.794. The van der Waals surface area contributed by atoms with Crippen molar-refractivity contribution in [1.82, 2.24) is 0 Å². The molecule has 2 N–H and O–H groups in total. The second-order valence-corrected chi connectivity index (χ2v) is 9.95. The quantitative estimate of drug-likeness (QED) is 0.235. The summed E-state index contributed by atoms with van der Waals surface area (Å²) in [5, 5.41) is 8.86. The lowest BCUT2D eigenvalue weighted by Gasteiger charge is -2.35. The third-order valence-corrected chi connectivity index (χ3v) is 7.33. The number of benzene rings is 1. The van der Waals surface area contributed by atoms with E-state index in [9.17, 15) is 17.8 Å². The van der Waals surface area contributed by atoms with Crippen molar-refractivity contribution in [3.05, 3.63) is 23.8 Å². The Labute approximate surface area is 191 Å². The average molecular weight is 472 g/mol. The predicted octanol–water partition coefficient (Wildman–Crippen LogP) is 4.22. The molecule has 0 aromatic heterocycles. The second-order valence-electron chi connectivity index (χ2n) is 8.52. The minimum absolute atomic E-state index is 0.0810. The van der Waals surface area contributed by atoms with E-state index in [2.05, 4.69) is 18.7 Å². The molecule has 2 rings (SSSR count). The molecule has 0 saturated heterocycles. The Bertz CT molecular complexity index is 867. The molecule has 0 amide bonds. The van der Waals surface area contributed by atoms with Crippen LogP contribution in [0.1, 0.15) is 71.8 Å². The van der Waals surface area contributed by atoms with Gasteiger partial charge < -0.3 is 19.5 Å². The Morgan fingerprint density at radius 3 is 2.41 bits per heavy atom. The van der Waals surface area contributed by atoms with Gasteiger partial charge in [-0.2, -0.15) is 8.42 Å². The van der Waals surface area contributed by atoms with Gasteiger partial charge in [0.2, 0.25) is 0 Å². The van der Waals surface area contributed by atoms with Crippen molar-refractivity contribution in [2.45, 2.75) is 88.9 Å². The fraction of sp³-hybridized carbons (Fsp3) is 0.696. The zero-order valence-electron chi connectivity index (χ0n) is 19.5. The summed E-state index contributed by atoms with van der Waals surface area (Å²) in [6.45, 7) is 9.89. The molecule has 9 heteroatoms. The largest absolute Gasteiger partial charge is 0.481 e. The number of carboxylic acid groups (broad SMARTS) is 1. The normalized spacial score (nSPS) is 20.7. The minimum Gasteiger partial charge on any atom is -0.481 e.